The fraction of sp³-hybridized carbons (Fsp3) is 0.692. The van der Waals surface area contributed by atoms with Crippen LogP contribution in [0.2, 0.25) is 0 Å². The van der Waals surface area contributed by atoms with E-state index in [0.717, 1.165) is 18.6 Å². The Kier molecular flexibility index (Phi) is 4.56. The van der Waals surface area contributed by atoms with E-state index in [-0.39, 0.29) is 6.04 Å². The van der Waals surface area contributed by atoms with E-state index in [2.05, 4.69) is 33.1 Å². The molecule has 0 spiro atoms. The van der Waals surface area contributed by atoms with Gasteiger partial charge in [-0.15, -0.1) is 0 Å². The van der Waals surface area contributed by atoms with Crippen molar-refractivity contribution in [3.63, 3.8) is 0 Å². The number of rotatable bonds is 5. The van der Waals surface area contributed by atoms with Crippen molar-refractivity contribution < 1.29 is 4.42 Å². The predicted molar refractivity (Wildman–Crippen MR) is 66.8 cm³/mol. The lowest BCUT2D eigenvalue weighted by atomic mass is 9.78. The van der Waals surface area contributed by atoms with Crippen molar-refractivity contribution in [3.8, 4) is 0 Å². The zero-order chi connectivity index (χ0) is 12.2. The summed E-state index contributed by atoms with van der Waals surface area (Å²) in [5, 5.41) is 0. The number of hydrogen-bond donors (Lipinski definition) is 2. The lowest BCUT2D eigenvalue weighted by Gasteiger charge is -2.30. The molecule has 0 aliphatic heterocycles. The van der Waals surface area contributed by atoms with Crippen LogP contribution in [0.5, 0.6) is 0 Å². The molecule has 1 aromatic heterocycles. The fourth-order valence-corrected chi connectivity index (χ4v) is 1.66. The van der Waals surface area contributed by atoms with Crippen LogP contribution in [0.4, 0.5) is 0 Å². The maximum atomic E-state index is 5.59. The molecule has 1 rings (SSSR count). The van der Waals surface area contributed by atoms with Crippen molar-refractivity contribution in [1.82, 2.24) is 5.43 Å². The van der Waals surface area contributed by atoms with Crippen molar-refractivity contribution >= 4 is 0 Å². The summed E-state index contributed by atoms with van der Waals surface area (Å²) in [5.41, 5.74) is 3.20. The zero-order valence-electron chi connectivity index (χ0n) is 10.8. The molecule has 0 amide bonds. The fourth-order valence-electron chi connectivity index (χ4n) is 1.66. The third-order valence-electron chi connectivity index (χ3n) is 3.38. The molecule has 0 aromatic carbocycles. The van der Waals surface area contributed by atoms with Crippen molar-refractivity contribution in [2.45, 2.75) is 46.6 Å². The van der Waals surface area contributed by atoms with Crippen molar-refractivity contribution in [1.29, 1.82) is 0 Å². The SMILES string of the molecule is CC(CC(Cc1ccco1)NN)C(C)(C)C. The van der Waals surface area contributed by atoms with E-state index in [4.69, 9.17) is 10.3 Å². The summed E-state index contributed by atoms with van der Waals surface area (Å²) < 4.78 is 5.34. The van der Waals surface area contributed by atoms with Gasteiger partial charge in [-0.05, 0) is 29.9 Å². The maximum absolute atomic E-state index is 5.59. The van der Waals surface area contributed by atoms with Crippen LogP contribution >= 0.6 is 0 Å². The average Bonchev–Trinajstić information content (AvgIpc) is 2.67. The second-order valence-electron chi connectivity index (χ2n) is 5.65. The largest absolute Gasteiger partial charge is 0.469 e. The van der Waals surface area contributed by atoms with E-state index in [9.17, 15) is 0 Å². The van der Waals surface area contributed by atoms with Gasteiger partial charge in [0.2, 0.25) is 0 Å². The molecule has 0 fully saturated rings. The van der Waals surface area contributed by atoms with E-state index < -0.39 is 0 Å². The van der Waals surface area contributed by atoms with Gasteiger partial charge in [0.1, 0.15) is 5.76 Å². The van der Waals surface area contributed by atoms with Crippen LogP contribution in [-0.2, 0) is 6.42 Å². The van der Waals surface area contributed by atoms with E-state index in [0.29, 0.717) is 11.3 Å². The first-order valence-corrected chi connectivity index (χ1v) is 5.92. The van der Waals surface area contributed by atoms with Gasteiger partial charge in [0.15, 0.2) is 0 Å². The Labute approximate surface area is 98.4 Å². The molecule has 16 heavy (non-hydrogen) atoms. The number of hydrazine groups is 1. The number of hydrogen-bond acceptors (Lipinski definition) is 3. The first kappa shape index (κ1) is 13.3. The highest BCUT2D eigenvalue weighted by Gasteiger charge is 2.23. The standard InChI is InChI=1S/C13H24N2O/c1-10(13(2,3)4)8-11(15-14)9-12-6-5-7-16-12/h5-7,10-11,15H,8-9,14H2,1-4H3. The second kappa shape index (κ2) is 5.51. The summed E-state index contributed by atoms with van der Waals surface area (Å²) >= 11 is 0. The molecule has 0 saturated carbocycles. The van der Waals surface area contributed by atoms with Gasteiger partial charge in [-0.2, -0.15) is 0 Å². The molecule has 3 heteroatoms. The third-order valence-corrected chi connectivity index (χ3v) is 3.38. The quantitative estimate of drug-likeness (QED) is 0.597. The molecule has 92 valence electrons. The summed E-state index contributed by atoms with van der Waals surface area (Å²) in [6, 6.07) is 4.18. The van der Waals surface area contributed by atoms with Crippen molar-refractivity contribution in [2.75, 3.05) is 0 Å². The molecule has 3 nitrogen and oxygen atoms in total. The highest BCUT2D eigenvalue weighted by atomic mass is 16.3. The van der Waals surface area contributed by atoms with Gasteiger partial charge >= 0.3 is 0 Å². The number of nitrogens with one attached hydrogen (secondary N) is 1. The monoisotopic (exact) mass is 224 g/mol. The first-order valence-electron chi connectivity index (χ1n) is 5.92. The molecule has 0 aliphatic carbocycles. The Balaban J connectivity index is 2.49. The van der Waals surface area contributed by atoms with Gasteiger partial charge in [-0.1, -0.05) is 27.7 Å². The Hall–Kier alpha value is -0.800. The van der Waals surface area contributed by atoms with Gasteiger partial charge in [0.25, 0.3) is 0 Å². The molecule has 0 aliphatic rings. The van der Waals surface area contributed by atoms with Crippen LogP contribution in [0.1, 0.15) is 39.9 Å². The minimum Gasteiger partial charge on any atom is -0.469 e. The Morgan fingerprint density at radius 3 is 2.56 bits per heavy atom. The highest BCUT2D eigenvalue weighted by molar-refractivity contribution is 5.00. The molecule has 2 atom stereocenters. The molecule has 0 radical (unpaired) electrons. The van der Waals surface area contributed by atoms with E-state index >= 15 is 0 Å². The van der Waals surface area contributed by atoms with Crippen LogP contribution in [0.25, 0.3) is 0 Å². The van der Waals surface area contributed by atoms with E-state index in [1.165, 1.54) is 0 Å². The Morgan fingerprint density at radius 2 is 2.12 bits per heavy atom. The summed E-state index contributed by atoms with van der Waals surface area (Å²) in [4.78, 5) is 0. The van der Waals surface area contributed by atoms with Crippen LogP contribution in [0, 0.1) is 11.3 Å². The van der Waals surface area contributed by atoms with Gasteiger partial charge < -0.3 is 4.42 Å². The Morgan fingerprint density at radius 1 is 1.44 bits per heavy atom. The highest BCUT2D eigenvalue weighted by Crippen LogP contribution is 2.29. The van der Waals surface area contributed by atoms with Crippen LogP contribution in [0.15, 0.2) is 22.8 Å². The van der Waals surface area contributed by atoms with Crippen LogP contribution in [-0.4, -0.2) is 6.04 Å². The Bertz CT molecular complexity index is 287. The number of furan rings is 1. The van der Waals surface area contributed by atoms with Crippen molar-refractivity contribution in [3.05, 3.63) is 24.2 Å². The van der Waals surface area contributed by atoms with Gasteiger partial charge in [-0.3, -0.25) is 11.3 Å². The molecular weight excluding hydrogens is 200 g/mol. The van der Waals surface area contributed by atoms with Crippen molar-refractivity contribution in [2.24, 2.45) is 17.2 Å². The topological polar surface area (TPSA) is 51.2 Å². The molecule has 2 unspecified atom stereocenters. The summed E-state index contributed by atoms with van der Waals surface area (Å²) in [6.07, 6.45) is 3.61. The van der Waals surface area contributed by atoms with Gasteiger partial charge in [0, 0.05) is 12.5 Å². The average molecular weight is 224 g/mol. The molecular formula is C13H24N2O. The molecule has 3 N–H and O–H groups in total. The maximum Gasteiger partial charge on any atom is 0.105 e. The summed E-state index contributed by atoms with van der Waals surface area (Å²) in [5.74, 6) is 7.19. The smallest absolute Gasteiger partial charge is 0.105 e. The van der Waals surface area contributed by atoms with Gasteiger partial charge in [-0.25, -0.2) is 0 Å². The molecule has 1 aromatic rings. The number of nitrogens with two attached hydrogens (primary N) is 1. The molecule has 1 heterocycles. The minimum atomic E-state index is 0.278. The normalized spacial score (nSPS) is 16.1. The second-order valence-corrected chi connectivity index (χ2v) is 5.65. The van der Waals surface area contributed by atoms with Crippen LogP contribution < -0.4 is 11.3 Å². The molecule has 0 bridgehead atoms. The lowest BCUT2D eigenvalue weighted by molar-refractivity contribution is 0.220. The lowest BCUT2D eigenvalue weighted by Crippen LogP contribution is -2.39. The minimum absolute atomic E-state index is 0.278. The first-order chi connectivity index (χ1) is 7.43. The summed E-state index contributed by atoms with van der Waals surface area (Å²) in [6.45, 7) is 9.06. The van der Waals surface area contributed by atoms with E-state index in [1.807, 2.05) is 12.1 Å². The van der Waals surface area contributed by atoms with Crippen LogP contribution in [0.3, 0.4) is 0 Å². The third kappa shape index (κ3) is 3.99. The van der Waals surface area contributed by atoms with Gasteiger partial charge in [0.05, 0.1) is 6.26 Å². The summed E-state index contributed by atoms with van der Waals surface area (Å²) in [7, 11) is 0. The molecule has 0 saturated heterocycles. The van der Waals surface area contributed by atoms with E-state index in [1.54, 1.807) is 6.26 Å². The zero-order valence-corrected chi connectivity index (χ0v) is 10.8. The predicted octanol–water partition coefficient (Wildman–Crippen LogP) is 2.73.